The fourth-order valence-corrected chi connectivity index (χ4v) is 2.41. The number of pyridine rings is 1. The van der Waals surface area contributed by atoms with Crippen LogP contribution in [-0.4, -0.2) is 31.2 Å². The van der Waals surface area contributed by atoms with Crippen molar-refractivity contribution in [3.8, 4) is 5.88 Å². The molecule has 0 bridgehead atoms. The average Bonchev–Trinajstić information content (AvgIpc) is 2.81. The zero-order valence-electron chi connectivity index (χ0n) is 11.6. The molecule has 0 unspecified atom stereocenters. The van der Waals surface area contributed by atoms with Gasteiger partial charge in [0.1, 0.15) is 5.69 Å². The van der Waals surface area contributed by atoms with E-state index in [0.717, 1.165) is 22.1 Å². The van der Waals surface area contributed by atoms with E-state index in [-0.39, 0.29) is 0 Å². The molecule has 2 aromatic rings. The predicted molar refractivity (Wildman–Crippen MR) is 79.3 cm³/mol. The Balaban J connectivity index is 2.22. The Kier molecular flexibility index (Phi) is 4.21. The summed E-state index contributed by atoms with van der Waals surface area (Å²) in [5, 5.41) is 6.49. The topological polar surface area (TPSA) is 50.3 Å². The molecule has 2 aromatic heterocycles. The van der Waals surface area contributed by atoms with Crippen molar-refractivity contribution < 1.29 is 4.74 Å². The van der Waals surface area contributed by atoms with Gasteiger partial charge in [-0.2, -0.15) is 0 Å². The van der Waals surface area contributed by atoms with Crippen molar-refractivity contribution in [3.63, 3.8) is 0 Å². The predicted octanol–water partition coefficient (Wildman–Crippen LogP) is 2.53. The lowest BCUT2D eigenvalue weighted by Gasteiger charge is -2.19. The summed E-state index contributed by atoms with van der Waals surface area (Å²) < 4.78 is 5.31. The Hall–Kier alpha value is -1.82. The maximum Gasteiger partial charge on any atom is 0.239 e. The first kappa shape index (κ1) is 13.6. The maximum absolute atomic E-state index is 5.31. The molecule has 0 saturated heterocycles. The molecule has 0 amide bonds. The van der Waals surface area contributed by atoms with Crippen LogP contribution in [0.4, 0.5) is 11.4 Å². The summed E-state index contributed by atoms with van der Waals surface area (Å²) in [6.45, 7) is 2.66. The Morgan fingerprint density at radius 1 is 1.42 bits per heavy atom. The summed E-state index contributed by atoms with van der Waals surface area (Å²) in [6, 6.07) is 1.96. The number of hydrogen-bond acceptors (Lipinski definition) is 6. The third-order valence-electron chi connectivity index (χ3n) is 2.68. The minimum Gasteiger partial charge on any atom is -0.479 e. The van der Waals surface area contributed by atoms with Gasteiger partial charge in [0.25, 0.3) is 0 Å². The SMILES string of the molecule is COc1nccc(N(C)C)c1NCc1csc(C)n1. The Morgan fingerprint density at radius 2 is 2.21 bits per heavy atom. The van der Waals surface area contributed by atoms with E-state index in [0.29, 0.717) is 12.4 Å². The number of nitrogens with one attached hydrogen (secondary N) is 1. The summed E-state index contributed by atoms with van der Waals surface area (Å²) in [7, 11) is 5.61. The van der Waals surface area contributed by atoms with E-state index >= 15 is 0 Å². The molecule has 5 nitrogen and oxygen atoms in total. The van der Waals surface area contributed by atoms with Gasteiger partial charge in [0, 0.05) is 25.7 Å². The first-order valence-corrected chi connectivity index (χ1v) is 6.85. The van der Waals surface area contributed by atoms with Gasteiger partial charge in [-0.3, -0.25) is 0 Å². The van der Waals surface area contributed by atoms with Gasteiger partial charge >= 0.3 is 0 Å². The third-order valence-corrected chi connectivity index (χ3v) is 3.50. The Labute approximate surface area is 117 Å². The summed E-state index contributed by atoms with van der Waals surface area (Å²) in [5.41, 5.74) is 2.96. The molecule has 0 aliphatic rings. The summed E-state index contributed by atoms with van der Waals surface area (Å²) in [5.74, 6) is 0.596. The second-order valence-electron chi connectivity index (χ2n) is 4.32. The number of hydrogen-bond donors (Lipinski definition) is 1. The first-order valence-electron chi connectivity index (χ1n) is 5.97. The molecular weight excluding hydrogens is 260 g/mol. The molecule has 0 aliphatic carbocycles. The van der Waals surface area contributed by atoms with Gasteiger partial charge in [0.15, 0.2) is 0 Å². The van der Waals surface area contributed by atoms with E-state index < -0.39 is 0 Å². The van der Waals surface area contributed by atoms with Crippen LogP contribution in [0.15, 0.2) is 17.6 Å². The lowest BCUT2D eigenvalue weighted by atomic mass is 10.3. The van der Waals surface area contributed by atoms with Crippen LogP contribution in [-0.2, 0) is 6.54 Å². The molecular formula is C13H18N4OS. The maximum atomic E-state index is 5.31. The third kappa shape index (κ3) is 3.14. The summed E-state index contributed by atoms with van der Waals surface area (Å²) >= 11 is 1.65. The number of anilines is 2. The van der Waals surface area contributed by atoms with Gasteiger partial charge in [0.05, 0.1) is 30.0 Å². The highest BCUT2D eigenvalue weighted by atomic mass is 32.1. The summed E-state index contributed by atoms with van der Waals surface area (Å²) in [6.07, 6.45) is 1.74. The number of rotatable bonds is 5. The van der Waals surface area contributed by atoms with Crippen molar-refractivity contribution in [2.75, 3.05) is 31.4 Å². The van der Waals surface area contributed by atoms with Gasteiger partial charge in [-0.25, -0.2) is 9.97 Å². The lowest BCUT2D eigenvalue weighted by molar-refractivity contribution is 0.400. The zero-order valence-corrected chi connectivity index (χ0v) is 12.4. The number of aromatic nitrogens is 2. The van der Waals surface area contributed by atoms with Crippen molar-refractivity contribution >= 4 is 22.7 Å². The standard InChI is InChI=1S/C13H18N4OS/c1-9-16-10(8-19-9)7-15-12-11(17(2)3)5-6-14-13(12)18-4/h5-6,8,15H,7H2,1-4H3. The minimum absolute atomic E-state index is 0.596. The van der Waals surface area contributed by atoms with Crippen LogP contribution in [0.5, 0.6) is 5.88 Å². The van der Waals surface area contributed by atoms with Crippen molar-refractivity contribution in [2.24, 2.45) is 0 Å². The number of aryl methyl sites for hydroxylation is 1. The van der Waals surface area contributed by atoms with Crippen molar-refractivity contribution in [2.45, 2.75) is 13.5 Å². The van der Waals surface area contributed by atoms with Crippen LogP contribution in [0.3, 0.4) is 0 Å². The zero-order chi connectivity index (χ0) is 13.8. The highest BCUT2D eigenvalue weighted by Gasteiger charge is 2.12. The molecule has 1 N–H and O–H groups in total. The van der Waals surface area contributed by atoms with E-state index in [1.165, 1.54) is 0 Å². The molecule has 6 heteroatoms. The van der Waals surface area contributed by atoms with Crippen LogP contribution in [0.2, 0.25) is 0 Å². The van der Waals surface area contributed by atoms with E-state index in [2.05, 4.69) is 20.7 Å². The van der Waals surface area contributed by atoms with Crippen molar-refractivity contribution in [1.82, 2.24) is 9.97 Å². The first-order chi connectivity index (χ1) is 9.11. The fourth-order valence-electron chi connectivity index (χ4n) is 1.80. The van der Waals surface area contributed by atoms with Crippen LogP contribution in [0.25, 0.3) is 0 Å². The van der Waals surface area contributed by atoms with E-state index in [4.69, 9.17) is 4.74 Å². The number of nitrogens with zero attached hydrogens (tertiary/aromatic N) is 3. The molecule has 0 aromatic carbocycles. The van der Waals surface area contributed by atoms with Gasteiger partial charge in [-0.1, -0.05) is 0 Å². The molecule has 0 radical (unpaired) electrons. The number of methoxy groups -OCH3 is 1. The lowest BCUT2D eigenvalue weighted by Crippen LogP contribution is -2.13. The number of thiazole rings is 1. The highest BCUT2D eigenvalue weighted by Crippen LogP contribution is 2.32. The van der Waals surface area contributed by atoms with Crippen LogP contribution in [0.1, 0.15) is 10.7 Å². The molecule has 102 valence electrons. The molecule has 0 atom stereocenters. The molecule has 2 heterocycles. The monoisotopic (exact) mass is 278 g/mol. The van der Waals surface area contributed by atoms with Crippen LogP contribution < -0.4 is 15.0 Å². The van der Waals surface area contributed by atoms with Crippen molar-refractivity contribution in [1.29, 1.82) is 0 Å². The fraction of sp³-hybridized carbons (Fsp3) is 0.385. The summed E-state index contributed by atoms with van der Waals surface area (Å²) in [4.78, 5) is 10.7. The highest BCUT2D eigenvalue weighted by molar-refractivity contribution is 7.09. The molecule has 0 fully saturated rings. The van der Waals surface area contributed by atoms with E-state index in [1.54, 1.807) is 24.6 Å². The van der Waals surface area contributed by atoms with Gasteiger partial charge in [-0.05, 0) is 13.0 Å². The number of ether oxygens (including phenoxy) is 1. The van der Waals surface area contributed by atoms with E-state index in [1.807, 2.05) is 32.0 Å². The van der Waals surface area contributed by atoms with Gasteiger partial charge < -0.3 is 15.0 Å². The Morgan fingerprint density at radius 3 is 2.79 bits per heavy atom. The van der Waals surface area contributed by atoms with Gasteiger partial charge in [0.2, 0.25) is 5.88 Å². The molecule has 0 aliphatic heterocycles. The average molecular weight is 278 g/mol. The minimum atomic E-state index is 0.596. The second kappa shape index (κ2) is 5.88. The van der Waals surface area contributed by atoms with Gasteiger partial charge in [-0.15, -0.1) is 11.3 Å². The van der Waals surface area contributed by atoms with Crippen LogP contribution in [0, 0.1) is 6.92 Å². The quantitative estimate of drug-likeness (QED) is 0.911. The molecule has 19 heavy (non-hydrogen) atoms. The van der Waals surface area contributed by atoms with E-state index in [9.17, 15) is 0 Å². The smallest absolute Gasteiger partial charge is 0.239 e. The second-order valence-corrected chi connectivity index (χ2v) is 5.38. The Bertz CT molecular complexity index is 553. The van der Waals surface area contributed by atoms with Crippen LogP contribution >= 0.6 is 11.3 Å². The molecule has 0 saturated carbocycles. The molecule has 0 spiro atoms. The normalized spacial score (nSPS) is 10.3. The largest absolute Gasteiger partial charge is 0.479 e. The van der Waals surface area contributed by atoms with Crippen molar-refractivity contribution in [3.05, 3.63) is 28.3 Å². The molecule has 2 rings (SSSR count).